The van der Waals surface area contributed by atoms with Gasteiger partial charge < -0.3 is 11.1 Å². The number of anilines is 1. The second-order valence-corrected chi connectivity index (χ2v) is 6.01. The van der Waals surface area contributed by atoms with Crippen LogP contribution in [-0.2, 0) is 14.8 Å². The van der Waals surface area contributed by atoms with Gasteiger partial charge in [-0.15, -0.1) is 0 Å². The predicted octanol–water partition coefficient (Wildman–Crippen LogP) is -0.174. The molecular weight excluding hydrogens is 254 g/mol. The molecule has 18 heavy (non-hydrogen) atoms. The smallest absolute Gasteiger partial charge is 0.241 e. The zero-order valence-electron chi connectivity index (χ0n) is 9.72. The maximum absolute atomic E-state index is 11.8. The molecule has 0 spiro atoms. The second-order valence-electron chi connectivity index (χ2n) is 4.24. The molecule has 6 nitrogen and oxygen atoms in total. The summed E-state index contributed by atoms with van der Waals surface area (Å²) >= 11 is 0. The van der Waals surface area contributed by atoms with Crippen LogP contribution in [0, 0.1) is 0 Å². The molecule has 1 aromatic rings. The van der Waals surface area contributed by atoms with Crippen molar-refractivity contribution in [2.24, 2.45) is 0 Å². The van der Waals surface area contributed by atoms with Crippen molar-refractivity contribution in [2.75, 3.05) is 12.3 Å². The summed E-state index contributed by atoms with van der Waals surface area (Å²) in [4.78, 5) is 11.4. The van der Waals surface area contributed by atoms with Crippen LogP contribution in [0.15, 0.2) is 29.2 Å². The van der Waals surface area contributed by atoms with E-state index in [1.165, 1.54) is 12.1 Å². The van der Waals surface area contributed by atoms with Crippen molar-refractivity contribution < 1.29 is 13.2 Å². The van der Waals surface area contributed by atoms with Gasteiger partial charge in [0.15, 0.2) is 0 Å². The largest absolute Gasteiger partial charge is 0.399 e. The highest BCUT2D eigenvalue weighted by molar-refractivity contribution is 7.89. The van der Waals surface area contributed by atoms with E-state index in [9.17, 15) is 13.2 Å². The Balaban J connectivity index is 1.96. The number of rotatable bonds is 5. The van der Waals surface area contributed by atoms with Crippen LogP contribution >= 0.6 is 0 Å². The average molecular weight is 269 g/mol. The third kappa shape index (κ3) is 3.44. The number of sulfonamides is 1. The SMILES string of the molecule is Nc1cccc(S(=O)(=O)NCC(=O)NC2CC2)c1. The molecule has 0 aromatic heterocycles. The van der Waals surface area contributed by atoms with Gasteiger partial charge in [-0.25, -0.2) is 13.1 Å². The van der Waals surface area contributed by atoms with E-state index in [1.807, 2.05) is 0 Å². The molecule has 0 atom stereocenters. The van der Waals surface area contributed by atoms with Crippen LogP contribution in [0.2, 0.25) is 0 Å². The van der Waals surface area contributed by atoms with Crippen molar-refractivity contribution in [1.29, 1.82) is 0 Å². The van der Waals surface area contributed by atoms with Gasteiger partial charge >= 0.3 is 0 Å². The van der Waals surface area contributed by atoms with Gasteiger partial charge in [-0.3, -0.25) is 4.79 Å². The Bertz CT molecular complexity index is 552. The standard InChI is InChI=1S/C11H15N3O3S/c12-8-2-1-3-10(6-8)18(16,17)13-7-11(15)14-9-4-5-9/h1-3,6,9,13H,4-5,7,12H2,(H,14,15). The van der Waals surface area contributed by atoms with Crippen molar-refractivity contribution in [2.45, 2.75) is 23.8 Å². The van der Waals surface area contributed by atoms with Crippen molar-refractivity contribution in [3.8, 4) is 0 Å². The number of nitrogens with one attached hydrogen (secondary N) is 2. The van der Waals surface area contributed by atoms with Crippen molar-refractivity contribution in [1.82, 2.24) is 10.0 Å². The molecule has 0 radical (unpaired) electrons. The van der Waals surface area contributed by atoms with Gasteiger partial charge in [0.05, 0.1) is 11.4 Å². The minimum Gasteiger partial charge on any atom is -0.399 e. The summed E-state index contributed by atoms with van der Waals surface area (Å²) < 4.78 is 25.9. The summed E-state index contributed by atoms with van der Waals surface area (Å²) in [5.74, 6) is -0.315. The molecule has 1 aliphatic carbocycles. The van der Waals surface area contributed by atoms with Crippen LogP contribution in [0.3, 0.4) is 0 Å². The molecular formula is C11H15N3O3S. The van der Waals surface area contributed by atoms with E-state index >= 15 is 0 Å². The quantitative estimate of drug-likeness (QED) is 0.646. The first kappa shape index (κ1) is 12.8. The molecule has 4 N–H and O–H groups in total. The first-order valence-electron chi connectivity index (χ1n) is 5.62. The fourth-order valence-electron chi connectivity index (χ4n) is 1.43. The van der Waals surface area contributed by atoms with Crippen LogP contribution in [0.5, 0.6) is 0 Å². The molecule has 0 unspecified atom stereocenters. The van der Waals surface area contributed by atoms with E-state index in [4.69, 9.17) is 5.73 Å². The Morgan fingerprint density at radius 3 is 2.72 bits per heavy atom. The van der Waals surface area contributed by atoms with Gasteiger partial charge in [-0.05, 0) is 31.0 Å². The molecule has 0 bridgehead atoms. The van der Waals surface area contributed by atoms with Crippen molar-refractivity contribution >= 4 is 21.6 Å². The van der Waals surface area contributed by atoms with E-state index in [0.29, 0.717) is 5.69 Å². The van der Waals surface area contributed by atoms with Crippen LogP contribution in [0.1, 0.15) is 12.8 Å². The molecule has 2 rings (SSSR count). The van der Waals surface area contributed by atoms with Gasteiger partial charge in [0.25, 0.3) is 0 Å². The summed E-state index contributed by atoms with van der Waals surface area (Å²) in [6.45, 7) is -0.256. The van der Waals surface area contributed by atoms with E-state index in [0.717, 1.165) is 12.8 Å². The Morgan fingerprint density at radius 1 is 1.39 bits per heavy atom. The Hall–Kier alpha value is -1.60. The average Bonchev–Trinajstić information content (AvgIpc) is 3.10. The van der Waals surface area contributed by atoms with E-state index in [-0.39, 0.29) is 23.4 Å². The van der Waals surface area contributed by atoms with Crippen LogP contribution in [0.25, 0.3) is 0 Å². The van der Waals surface area contributed by atoms with Crippen LogP contribution in [0.4, 0.5) is 5.69 Å². The number of carbonyl (C=O) groups excluding carboxylic acids is 1. The minimum atomic E-state index is -3.68. The number of carbonyl (C=O) groups is 1. The zero-order valence-corrected chi connectivity index (χ0v) is 10.5. The summed E-state index contributed by atoms with van der Waals surface area (Å²) in [5, 5.41) is 2.70. The molecule has 1 aromatic carbocycles. The summed E-state index contributed by atoms with van der Waals surface area (Å²) in [6.07, 6.45) is 1.93. The maximum Gasteiger partial charge on any atom is 0.241 e. The van der Waals surface area contributed by atoms with Gasteiger partial charge in [0.2, 0.25) is 15.9 Å². The molecule has 0 aliphatic heterocycles. The summed E-state index contributed by atoms with van der Waals surface area (Å²) in [7, 11) is -3.68. The number of benzene rings is 1. The second kappa shape index (κ2) is 4.95. The van der Waals surface area contributed by atoms with Crippen LogP contribution < -0.4 is 15.8 Å². The molecule has 98 valence electrons. The van der Waals surface area contributed by atoms with Crippen molar-refractivity contribution in [3.63, 3.8) is 0 Å². The summed E-state index contributed by atoms with van der Waals surface area (Å²) in [6, 6.07) is 6.14. The highest BCUT2D eigenvalue weighted by atomic mass is 32.2. The normalized spacial score (nSPS) is 15.3. The molecule has 0 saturated heterocycles. The van der Waals surface area contributed by atoms with Crippen molar-refractivity contribution in [3.05, 3.63) is 24.3 Å². The topological polar surface area (TPSA) is 101 Å². The lowest BCUT2D eigenvalue weighted by Gasteiger charge is -2.07. The highest BCUT2D eigenvalue weighted by Crippen LogP contribution is 2.18. The van der Waals surface area contributed by atoms with E-state index in [1.54, 1.807) is 12.1 Å². The van der Waals surface area contributed by atoms with Gasteiger partial charge in [0.1, 0.15) is 0 Å². The molecule has 1 aliphatic rings. The third-order valence-electron chi connectivity index (χ3n) is 2.53. The lowest BCUT2D eigenvalue weighted by molar-refractivity contribution is -0.120. The third-order valence-corrected chi connectivity index (χ3v) is 3.93. The molecule has 7 heteroatoms. The molecule has 1 fully saturated rings. The number of hydrogen-bond donors (Lipinski definition) is 3. The van der Waals surface area contributed by atoms with Crippen LogP contribution in [-0.4, -0.2) is 26.9 Å². The number of nitrogen functional groups attached to an aromatic ring is 1. The molecule has 1 saturated carbocycles. The molecule has 1 amide bonds. The van der Waals surface area contributed by atoms with Gasteiger partial charge in [0, 0.05) is 11.7 Å². The van der Waals surface area contributed by atoms with E-state index < -0.39 is 10.0 Å². The Kier molecular flexibility index (Phi) is 3.53. The maximum atomic E-state index is 11.8. The molecule has 0 heterocycles. The number of hydrogen-bond acceptors (Lipinski definition) is 4. The minimum absolute atomic E-state index is 0.0571. The Morgan fingerprint density at radius 2 is 2.11 bits per heavy atom. The number of nitrogens with two attached hydrogens (primary N) is 1. The fraction of sp³-hybridized carbons (Fsp3) is 0.364. The first-order valence-corrected chi connectivity index (χ1v) is 7.10. The lowest BCUT2D eigenvalue weighted by atomic mass is 10.3. The lowest BCUT2D eigenvalue weighted by Crippen LogP contribution is -2.37. The van der Waals surface area contributed by atoms with Gasteiger partial charge in [-0.2, -0.15) is 0 Å². The summed E-state index contributed by atoms with van der Waals surface area (Å²) in [5.41, 5.74) is 5.88. The highest BCUT2D eigenvalue weighted by Gasteiger charge is 2.24. The predicted molar refractivity (Wildman–Crippen MR) is 67.2 cm³/mol. The fourth-order valence-corrected chi connectivity index (χ4v) is 2.47. The zero-order chi connectivity index (χ0) is 13.2. The van der Waals surface area contributed by atoms with E-state index in [2.05, 4.69) is 10.0 Å². The number of amides is 1. The first-order chi connectivity index (χ1) is 8.47. The Labute approximate surface area is 106 Å². The monoisotopic (exact) mass is 269 g/mol. The van der Waals surface area contributed by atoms with Gasteiger partial charge in [-0.1, -0.05) is 6.07 Å².